The third-order valence-corrected chi connectivity index (χ3v) is 6.94. The predicted molar refractivity (Wildman–Crippen MR) is 201 cm³/mol. The monoisotopic (exact) mass is 806 g/mol. The number of carboxylic acids is 1. The highest BCUT2D eigenvalue weighted by molar-refractivity contribution is 9.08. The Morgan fingerprint density at radius 1 is 0.776 bits per heavy atom. The van der Waals surface area contributed by atoms with Crippen molar-refractivity contribution < 1.29 is 43.9 Å². The summed E-state index contributed by atoms with van der Waals surface area (Å²) in [6, 6.07) is 21.1. The van der Waals surface area contributed by atoms with E-state index in [9.17, 15) is 14.4 Å². The van der Waals surface area contributed by atoms with E-state index in [0.29, 0.717) is 27.6 Å². The van der Waals surface area contributed by atoms with Gasteiger partial charge in [0.1, 0.15) is 7.85 Å². The van der Waals surface area contributed by atoms with Crippen LogP contribution in [0.25, 0.3) is 0 Å². The zero-order valence-corrected chi connectivity index (χ0v) is 32.3. The first kappa shape index (κ1) is 46.0. The summed E-state index contributed by atoms with van der Waals surface area (Å²) >= 11 is 6.59. The molecule has 3 aromatic rings. The van der Waals surface area contributed by atoms with Crippen molar-refractivity contribution in [1.29, 1.82) is 0 Å². The minimum atomic E-state index is -0.882. The molecule has 0 saturated carbocycles. The average molecular weight is 808 g/mol. The molecule has 2 radical (unpaired) electrons. The Morgan fingerprint density at radius 2 is 1.16 bits per heavy atom. The van der Waals surface area contributed by atoms with E-state index in [1.807, 2.05) is 38.1 Å². The van der Waals surface area contributed by atoms with Gasteiger partial charge < -0.3 is 29.5 Å². The molecule has 1 aliphatic heterocycles. The first-order valence-electron chi connectivity index (χ1n) is 15.8. The van der Waals surface area contributed by atoms with Crippen molar-refractivity contribution in [3.8, 4) is 0 Å². The van der Waals surface area contributed by atoms with E-state index in [2.05, 4.69) is 31.9 Å². The van der Waals surface area contributed by atoms with Crippen LogP contribution in [0.15, 0.2) is 72.8 Å². The Balaban J connectivity index is 0.000000622. The molecule has 49 heavy (non-hydrogen) atoms. The second-order valence-corrected chi connectivity index (χ2v) is 12.5. The molecule has 0 aromatic heterocycles. The number of aliphatic hydroxyl groups is 2. The van der Waals surface area contributed by atoms with Gasteiger partial charge in [-0.15, -0.1) is 0 Å². The fraction of sp³-hybridized carbons (Fsp3) is 0.432. The summed E-state index contributed by atoms with van der Waals surface area (Å²) in [7, 11) is 5.31. The number of carboxylic acid groups (broad SMARTS) is 1. The summed E-state index contributed by atoms with van der Waals surface area (Å²) < 4.78 is 15.0. The first-order valence-corrected chi connectivity index (χ1v) is 18.1. The van der Waals surface area contributed by atoms with E-state index in [0.717, 1.165) is 35.9 Å². The highest BCUT2D eigenvalue weighted by Gasteiger charge is 2.10. The minimum absolute atomic E-state index is 0.0463. The van der Waals surface area contributed by atoms with Crippen molar-refractivity contribution in [1.82, 2.24) is 0 Å². The van der Waals surface area contributed by atoms with Crippen molar-refractivity contribution in [3.05, 3.63) is 106 Å². The van der Waals surface area contributed by atoms with Crippen molar-refractivity contribution in [2.45, 2.75) is 96.0 Å². The number of aromatic carboxylic acids is 1. The molecule has 1 atom stereocenters. The van der Waals surface area contributed by atoms with Crippen LogP contribution in [0.2, 0.25) is 0 Å². The minimum Gasteiger partial charge on any atom is -0.478 e. The Hall–Kier alpha value is -3.03. The molecule has 0 bridgehead atoms. The molecule has 1 saturated heterocycles. The zero-order chi connectivity index (χ0) is 37.4. The van der Waals surface area contributed by atoms with Crippen LogP contribution in [-0.4, -0.2) is 72.0 Å². The lowest BCUT2D eigenvalue weighted by Crippen LogP contribution is -2.11. The lowest BCUT2D eigenvalue weighted by Gasteiger charge is -2.08. The fourth-order valence-corrected chi connectivity index (χ4v) is 4.23. The Kier molecular flexibility index (Phi) is 25.1. The number of carbonyl (C=O) groups is 3. The van der Waals surface area contributed by atoms with Crippen LogP contribution < -0.4 is 0 Å². The summed E-state index contributed by atoms with van der Waals surface area (Å²) in [5.41, 5.74) is 4.18. The molecular formula is C37H49BBr2O9. The van der Waals surface area contributed by atoms with Crippen LogP contribution in [0.1, 0.15) is 102 Å². The van der Waals surface area contributed by atoms with E-state index < -0.39 is 5.97 Å². The van der Waals surface area contributed by atoms with E-state index in [4.69, 9.17) is 37.4 Å². The van der Waals surface area contributed by atoms with Crippen LogP contribution in [0.3, 0.4) is 0 Å². The van der Waals surface area contributed by atoms with Crippen molar-refractivity contribution >= 4 is 57.6 Å². The van der Waals surface area contributed by atoms with Gasteiger partial charge in [-0.05, 0) is 107 Å². The SMILES string of the molecule is CC(C)O.CC(C)OC(=O)c1cccc(CBr)c1.CC(C)OC(=O)c1cccc(CO)c1.O=C(O)c1cccc(CBr)c1.[B]C1CCCO1. The van der Waals surface area contributed by atoms with Gasteiger partial charge in [0.25, 0.3) is 0 Å². The third-order valence-electron chi connectivity index (χ3n) is 5.64. The summed E-state index contributed by atoms with van der Waals surface area (Å²) in [4.78, 5) is 33.4. The van der Waals surface area contributed by atoms with Crippen LogP contribution in [-0.2, 0) is 31.5 Å². The number of esters is 2. The number of aliphatic hydroxyl groups excluding tert-OH is 2. The van der Waals surface area contributed by atoms with Gasteiger partial charge in [0.2, 0.25) is 0 Å². The van der Waals surface area contributed by atoms with E-state index >= 15 is 0 Å². The molecule has 268 valence electrons. The standard InChI is InChI=1S/C11H13BrO2.C11H14O3.C8H7BrO2.C4H7BO.C3H8O/c2*1-8(2)14-11(13)10-5-3-4-9(6-10)7-12;9-5-6-2-1-3-7(4-6)8(10)11;5-4-2-1-3-6-4;1-3(2)4/h3-6,8H,7H2,1-2H3;3-6,8,12H,7H2,1-2H3;1-4H,5H2,(H,10,11);4H,1-3H2;3-4H,1-2H3. The van der Waals surface area contributed by atoms with Gasteiger partial charge >= 0.3 is 17.9 Å². The number of carbonyl (C=O) groups excluding carboxylic acids is 2. The Morgan fingerprint density at radius 3 is 1.47 bits per heavy atom. The van der Waals surface area contributed by atoms with Gasteiger partial charge in [0.15, 0.2) is 0 Å². The molecule has 1 unspecified atom stereocenters. The lowest BCUT2D eigenvalue weighted by molar-refractivity contribution is 0.0367. The summed E-state index contributed by atoms with van der Waals surface area (Å²) in [5.74, 6) is -1.49. The van der Waals surface area contributed by atoms with Crippen molar-refractivity contribution in [2.24, 2.45) is 0 Å². The lowest BCUT2D eigenvalue weighted by atomic mass is 9.98. The highest BCUT2D eigenvalue weighted by atomic mass is 79.9. The van der Waals surface area contributed by atoms with Gasteiger partial charge in [-0.2, -0.15) is 0 Å². The van der Waals surface area contributed by atoms with Gasteiger partial charge in [0.05, 0.1) is 35.5 Å². The van der Waals surface area contributed by atoms with E-state index in [1.165, 1.54) is 0 Å². The number of alkyl halides is 2. The van der Waals surface area contributed by atoms with E-state index in [-0.39, 0.29) is 42.9 Å². The molecule has 3 N–H and O–H groups in total. The van der Waals surface area contributed by atoms with Crippen molar-refractivity contribution in [2.75, 3.05) is 6.61 Å². The molecule has 1 aliphatic rings. The second kappa shape index (κ2) is 26.8. The maximum absolute atomic E-state index is 11.5. The van der Waals surface area contributed by atoms with Crippen LogP contribution in [0, 0.1) is 0 Å². The first-order chi connectivity index (χ1) is 23.1. The zero-order valence-electron chi connectivity index (χ0n) is 29.1. The number of benzene rings is 3. The van der Waals surface area contributed by atoms with Crippen LogP contribution in [0.4, 0.5) is 0 Å². The Labute approximate surface area is 309 Å². The predicted octanol–water partition coefficient (Wildman–Crippen LogP) is 7.85. The van der Waals surface area contributed by atoms with Crippen LogP contribution in [0.5, 0.6) is 0 Å². The Bertz CT molecular complexity index is 1310. The molecular weight excluding hydrogens is 759 g/mol. The maximum Gasteiger partial charge on any atom is 0.338 e. The molecule has 9 nitrogen and oxygen atoms in total. The molecule has 1 heterocycles. The molecule has 1 fully saturated rings. The number of ether oxygens (including phenoxy) is 3. The van der Waals surface area contributed by atoms with E-state index in [1.54, 1.807) is 76.2 Å². The quantitative estimate of drug-likeness (QED) is 0.118. The second-order valence-electron chi connectivity index (χ2n) is 11.4. The number of halogens is 2. The average Bonchev–Trinajstić information content (AvgIpc) is 3.55. The fourth-order valence-electron chi connectivity index (χ4n) is 3.53. The maximum atomic E-state index is 11.5. The van der Waals surface area contributed by atoms with Crippen LogP contribution >= 0.6 is 31.9 Å². The normalized spacial score (nSPS) is 13.0. The topological polar surface area (TPSA) is 140 Å². The molecule has 3 aromatic carbocycles. The molecule has 0 amide bonds. The summed E-state index contributed by atoms with van der Waals surface area (Å²) in [6.07, 6.45) is 1.82. The van der Waals surface area contributed by atoms with Gasteiger partial charge in [-0.25, -0.2) is 14.4 Å². The van der Waals surface area contributed by atoms with Crippen molar-refractivity contribution in [3.63, 3.8) is 0 Å². The van der Waals surface area contributed by atoms with Gasteiger partial charge in [-0.1, -0.05) is 68.3 Å². The molecule has 0 spiro atoms. The highest BCUT2D eigenvalue weighted by Crippen LogP contribution is 2.11. The molecule has 12 heteroatoms. The summed E-state index contributed by atoms with van der Waals surface area (Å²) in [5, 5.41) is 27.0. The molecule has 0 aliphatic carbocycles. The smallest absolute Gasteiger partial charge is 0.338 e. The van der Waals surface area contributed by atoms with Gasteiger partial charge in [-0.3, -0.25) is 0 Å². The number of hydrogen-bond acceptors (Lipinski definition) is 8. The number of rotatable bonds is 8. The van der Waals surface area contributed by atoms with Gasteiger partial charge in [0, 0.05) is 29.4 Å². The largest absolute Gasteiger partial charge is 0.478 e. The summed E-state index contributed by atoms with van der Waals surface area (Å²) in [6.45, 7) is 11.5. The molecule has 4 rings (SSSR count). The number of hydrogen-bond donors (Lipinski definition) is 3. The third kappa shape index (κ3) is 23.1.